The van der Waals surface area contributed by atoms with Crippen molar-refractivity contribution in [2.45, 2.75) is 13.0 Å². The van der Waals surface area contributed by atoms with Gasteiger partial charge in [-0.15, -0.1) is 0 Å². The average molecular weight is 323 g/mol. The van der Waals surface area contributed by atoms with E-state index in [0.717, 1.165) is 0 Å². The number of nitrogens with one attached hydrogen (secondary N) is 1. The van der Waals surface area contributed by atoms with Crippen molar-refractivity contribution in [2.24, 2.45) is 0 Å². The number of hydrogen-bond donors (Lipinski definition) is 1. The summed E-state index contributed by atoms with van der Waals surface area (Å²) in [5.41, 5.74) is 0. The van der Waals surface area contributed by atoms with E-state index in [2.05, 4.69) is 10.2 Å². The third kappa shape index (κ3) is 4.66. The Hall–Kier alpha value is -2.15. The zero-order valence-corrected chi connectivity index (χ0v) is 13.4. The van der Waals surface area contributed by atoms with Crippen LogP contribution in [0.3, 0.4) is 0 Å². The molecule has 1 aliphatic rings. The van der Waals surface area contributed by atoms with Crippen molar-refractivity contribution in [1.82, 2.24) is 15.1 Å². The minimum Gasteiger partial charge on any atom is -0.492 e. The molecule has 0 saturated carbocycles. The SMILES string of the molecule is CNC(=O)C1CN(CCOc2ccc(F)cc2)CCN1C(C)=O. The van der Waals surface area contributed by atoms with Gasteiger partial charge in [-0.05, 0) is 24.3 Å². The Kier molecular flexibility index (Phi) is 5.92. The molecule has 6 nitrogen and oxygen atoms in total. The predicted octanol–water partition coefficient (Wildman–Crippen LogP) is 0.483. The van der Waals surface area contributed by atoms with Crippen LogP contribution < -0.4 is 10.1 Å². The lowest BCUT2D eigenvalue weighted by molar-refractivity contribution is -0.142. The number of piperazine rings is 1. The number of carbonyl (C=O) groups excluding carboxylic acids is 2. The maximum absolute atomic E-state index is 12.8. The van der Waals surface area contributed by atoms with Gasteiger partial charge >= 0.3 is 0 Å². The molecule has 1 unspecified atom stereocenters. The van der Waals surface area contributed by atoms with E-state index in [1.807, 2.05) is 0 Å². The molecule has 0 spiro atoms. The Balaban J connectivity index is 1.85. The van der Waals surface area contributed by atoms with Gasteiger partial charge in [-0.2, -0.15) is 0 Å². The second-order valence-corrected chi connectivity index (χ2v) is 5.45. The van der Waals surface area contributed by atoms with E-state index in [0.29, 0.717) is 38.5 Å². The van der Waals surface area contributed by atoms with Crippen molar-refractivity contribution in [3.05, 3.63) is 30.1 Å². The normalized spacial score (nSPS) is 18.6. The van der Waals surface area contributed by atoms with Crippen LogP contribution in [-0.4, -0.2) is 67.5 Å². The van der Waals surface area contributed by atoms with Gasteiger partial charge in [-0.3, -0.25) is 14.5 Å². The number of likely N-dealkylation sites (N-methyl/N-ethyl adjacent to an activating group) is 1. The number of amides is 2. The summed E-state index contributed by atoms with van der Waals surface area (Å²) in [4.78, 5) is 27.3. The van der Waals surface area contributed by atoms with Crippen molar-refractivity contribution in [3.63, 3.8) is 0 Å². The van der Waals surface area contributed by atoms with Crippen molar-refractivity contribution in [3.8, 4) is 5.75 Å². The van der Waals surface area contributed by atoms with Crippen LogP contribution in [-0.2, 0) is 9.59 Å². The van der Waals surface area contributed by atoms with Crippen LogP contribution in [0.1, 0.15) is 6.92 Å². The predicted molar refractivity (Wildman–Crippen MR) is 83.6 cm³/mol. The van der Waals surface area contributed by atoms with Crippen molar-refractivity contribution < 1.29 is 18.7 Å². The highest BCUT2D eigenvalue weighted by molar-refractivity contribution is 5.87. The highest BCUT2D eigenvalue weighted by Gasteiger charge is 2.33. The van der Waals surface area contributed by atoms with Gasteiger partial charge in [-0.25, -0.2) is 4.39 Å². The van der Waals surface area contributed by atoms with Gasteiger partial charge in [0.05, 0.1) is 0 Å². The zero-order valence-electron chi connectivity index (χ0n) is 13.4. The van der Waals surface area contributed by atoms with Crippen molar-refractivity contribution in [2.75, 3.05) is 39.8 Å². The van der Waals surface area contributed by atoms with Crippen LogP contribution in [0.15, 0.2) is 24.3 Å². The number of nitrogens with zero attached hydrogens (tertiary/aromatic N) is 2. The van der Waals surface area contributed by atoms with Crippen LogP contribution in [0.4, 0.5) is 4.39 Å². The minimum absolute atomic E-state index is 0.0965. The maximum Gasteiger partial charge on any atom is 0.243 e. The second kappa shape index (κ2) is 7.92. The molecule has 0 aliphatic carbocycles. The Morgan fingerprint density at radius 1 is 1.30 bits per heavy atom. The number of ether oxygens (including phenoxy) is 1. The Labute approximate surface area is 135 Å². The first kappa shape index (κ1) is 17.2. The molecule has 1 N–H and O–H groups in total. The summed E-state index contributed by atoms with van der Waals surface area (Å²) in [5, 5.41) is 2.60. The topological polar surface area (TPSA) is 61.9 Å². The molecule has 1 heterocycles. The number of benzene rings is 1. The lowest BCUT2D eigenvalue weighted by Crippen LogP contribution is -2.60. The molecule has 0 aromatic heterocycles. The molecule has 0 bridgehead atoms. The molecule has 1 aromatic carbocycles. The van der Waals surface area contributed by atoms with Crippen molar-refractivity contribution in [1.29, 1.82) is 0 Å². The highest BCUT2D eigenvalue weighted by atomic mass is 19.1. The van der Waals surface area contributed by atoms with Gasteiger partial charge < -0.3 is 15.0 Å². The lowest BCUT2D eigenvalue weighted by atomic mass is 10.1. The van der Waals surface area contributed by atoms with Gasteiger partial charge in [0.25, 0.3) is 0 Å². The quantitative estimate of drug-likeness (QED) is 0.856. The second-order valence-electron chi connectivity index (χ2n) is 5.45. The first-order valence-corrected chi connectivity index (χ1v) is 7.61. The molecule has 1 aliphatic heterocycles. The number of halogens is 1. The third-order valence-corrected chi connectivity index (χ3v) is 3.91. The van der Waals surface area contributed by atoms with Gasteiger partial charge in [0.15, 0.2) is 0 Å². The molecule has 23 heavy (non-hydrogen) atoms. The molecule has 1 saturated heterocycles. The Morgan fingerprint density at radius 3 is 2.61 bits per heavy atom. The molecule has 2 rings (SSSR count). The summed E-state index contributed by atoms with van der Waals surface area (Å²) in [7, 11) is 1.57. The fourth-order valence-electron chi connectivity index (χ4n) is 2.63. The van der Waals surface area contributed by atoms with Crippen LogP contribution in [0.25, 0.3) is 0 Å². The fourth-order valence-corrected chi connectivity index (χ4v) is 2.63. The molecular weight excluding hydrogens is 301 g/mol. The summed E-state index contributed by atoms with van der Waals surface area (Å²) in [6.45, 7) is 4.24. The average Bonchev–Trinajstić information content (AvgIpc) is 2.55. The van der Waals surface area contributed by atoms with Crippen LogP contribution in [0.2, 0.25) is 0 Å². The lowest BCUT2D eigenvalue weighted by Gasteiger charge is -2.39. The monoisotopic (exact) mass is 323 g/mol. The largest absolute Gasteiger partial charge is 0.492 e. The molecule has 7 heteroatoms. The number of carbonyl (C=O) groups is 2. The number of rotatable bonds is 5. The molecule has 2 amide bonds. The summed E-state index contributed by atoms with van der Waals surface area (Å²) in [6, 6.07) is 5.38. The Bertz CT molecular complexity index is 550. The standard InChI is InChI=1S/C16H22FN3O3/c1-12(21)20-8-7-19(11-15(20)16(22)18-2)9-10-23-14-5-3-13(17)4-6-14/h3-6,15H,7-11H2,1-2H3,(H,18,22). The highest BCUT2D eigenvalue weighted by Crippen LogP contribution is 2.13. The molecule has 1 atom stereocenters. The van der Waals surface area contributed by atoms with Crippen LogP contribution in [0, 0.1) is 5.82 Å². The fraction of sp³-hybridized carbons (Fsp3) is 0.500. The molecule has 1 aromatic rings. The smallest absolute Gasteiger partial charge is 0.243 e. The summed E-state index contributed by atoms with van der Waals surface area (Å²) < 4.78 is 18.4. The first-order chi connectivity index (χ1) is 11.0. The zero-order chi connectivity index (χ0) is 16.8. The van der Waals surface area contributed by atoms with Crippen LogP contribution in [0.5, 0.6) is 5.75 Å². The van der Waals surface area contributed by atoms with E-state index in [9.17, 15) is 14.0 Å². The summed E-state index contributed by atoms with van der Waals surface area (Å²) >= 11 is 0. The molecular formula is C16H22FN3O3. The van der Waals surface area contributed by atoms with Gasteiger partial charge in [-0.1, -0.05) is 0 Å². The van der Waals surface area contributed by atoms with Gasteiger partial charge in [0.2, 0.25) is 11.8 Å². The third-order valence-electron chi connectivity index (χ3n) is 3.91. The van der Waals surface area contributed by atoms with E-state index in [1.165, 1.54) is 19.1 Å². The first-order valence-electron chi connectivity index (χ1n) is 7.61. The number of hydrogen-bond acceptors (Lipinski definition) is 4. The molecule has 1 fully saturated rings. The molecule has 0 radical (unpaired) electrons. The molecule has 126 valence electrons. The maximum atomic E-state index is 12.8. The van der Waals surface area contributed by atoms with Gasteiger partial charge in [0.1, 0.15) is 24.2 Å². The summed E-state index contributed by atoms with van der Waals surface area (Å²) in [6.07, 6.45) is 0. The van der Waals surface area contributed by atoms with Gasteiger partial charge in [0, 0.05) is 40.2 Å². The van der Waals surface area contributed by atoms with E-state index in [-0.39, 0.29) is 17.6 Å². The van der Waals surface area contributed by atoms with E-state index in [1.54, 1.807) is 24.1 Å². The van der Waals surface area contributed by atoms with Crippen molar-refractivity contribution >= 4 is 11.8 Å². The van der Waals surface area contributed by atoms with E-state index < -0.39 is 6.04 Å². The van der Waals surface area contributed by atoms with Crippen LogP contribution >= 0.6 is 0 Å². The minimum atomic E-state index is -0.475. The summed E-state index contributed by atoms with van der Waals surface area (Å²) in [5.74, 6) is 0.0490. The Morgan fingerprint density at radius 2 is 2.00 bits per heavy atom. The van der Waals surface area contributed by atoms with E-state index in [4.69, 9.17) is 4.74 Å². The van der Waals surface area contributed by atoms with E-state index >= 15 is 0 Å².